The highest BCUT2D eigenvalue weighted by Gasteiger charge is 2.09. The SMILES string of the molecule is CC.Cc1ccc(-[n+]2c[nH]c3ccccc32)cc1. The zero-order chi connectivity index (χ0) is 13.0. The molecular weight excluding hydrogens is 220 g/mol. The van der Waals surface area contributed by atoms with Crippen molar-refractivity contribution in [2.45, 2.75) is 20.8 Å². The summed E-state index contributed by atoms with van der Waals surface area (Å²) in [5, 5.41) is 0. The molecule has 18 heavy (non-hydrogen) atoms. The first-order valence-electron chi connectivity index (χ1n) is 6.39. The molecule has 2 aromatic carbocycles. The Hall–Kier alpha value is -2.09. The van der Waals surface area contributed by atoms with E-state index in [0.29, 0.717) is 0 Å². The van der Waals surface area contributed by atoms with E-state index in [2.05, 4.69) is 58.9 Å². The number of aromatic amines is 1. The summed E-state index contributed by atoms with van der Waals surface area (Å²) in [6, 6.07) is 16.8. The molecule has 92 valence electrons. The van der Waals surface area contributed by atoms with Gasteiger partial charge >= 0.3 is 0 Å². The number of rotatable bonds is 1. The van der Waals surface area contributed by atoms with Gasteiger partial charge in [-0.2, -0.15) is 4.57 Å². The van der Waals surface area contributed by atoms with Crippen molar-refractivity contribution in [3.63, 3.8) is 0 Å². The standard InChI is InChI=1S/C14H12N2.C2H6/c1-11-6-8-12(9-7-11)16-10-15-13-4-2-3-5-14(13)16;1-2/h2-10H,1H3;1-2H3/p+1. The minimum Gasteiger partial charge on any atom is -0.243 e. The highest BCUT2D eigenvalue weighted by molar-refractivity contribution is 5.71. The van der Waals surface area contributed by atoms with Gasteiger partial charge in [-0.15, -0.1) is 0 Å². The lowest BCUT2D eigenvalue weighted by Gasteiger charge is -1.97. The Labute approximate surface area is 108 Å². The Morgan fingerprint density at radius 3 is 2.28 bits per heavy atom. The minimum absolute atomic E-state index is 1.16. The van der Waals surface area contributed by atoms with Crippen LogP contribution in [0.2, 0.25) is 0 Å². The van der Waals surface area contributed by atoms with E-state index in [-0.39, 0.29) is 0 Å². The number of benzene rings is 2. The van der Waals surface area contributed by atoms with Crippen molar-refractivity contribution >= 4 is 11.0 Å². The number of H-pyrrole nitrogens is 1. The van der Waals surface area contributed by atoms with Gasteiger partial charge in [0.25, 0.3) is 0 Å². The molecule has 0 unspecified atom stereocenters. The molecule has 2 nitrogen and oxygen atoms in total. The van der Waals surface area contributed by atoms with Crippen LogP contribution in [0.25, 0.3) is 16.7 Å². The molecule has 0 aliphatic carbocycles. The van der Waals surface area contributed by atoms with E-state index in [9.17, 15) is 0 Å². The Bertz CT molecular complexity index is 621. The van der Waals surface area contributed by atoms with Crippen molar-refractivity contribution in [3.05, 3.63) is 60.4 Å². The molecule has 0 amide bonds. The topological polar surface area (TPSA) is 19.7 Å². The zero-order valence-corrected chi connectivity index (χ0v) is 11.1. The predicted octanol–water partition coefficient (Wildman–Crippen LogP) is 3.78. The average molecular weight is 239 g/mol. The maximum absolute atomic E-state index is 3.26. The lowest BCUT2D eigenvalue weighted by molar-refractivity contribution is -0.567. The molecule has 2 heteroatoms. The van der Waals surface area contributed by atoms with Crippen LogP contribution >= 0.6 is 0 Å². The molecule has 0 atom stereocenters. The second kappa shape index (κ2) is 5.50. The number of nitrogens with one attached hydrogen (secondary N) is 1. The first kappa shape index (κ1) is 12.4. The van der Waals surface area contributed by atoms with Crippen molar-refractivity contribution in [2.75, 3.05) is 0 Å². The highest BCUT2D eigenvalue weighted by atomic mass is 15.0. The fourth-order valence-electron chi connectivity index (χ4n) is 1.93. The van der Waals surface area contributed by atoms with Gasteiger partial charge in [0.2, 0.25) is 6.33 Å². The molecule has 0 aliphatic heterocycles. The summed E-state index contributed by atoms with van der Waals surface area (Å²) < 4.78 is 2.16. The number of fused-ring (bicyclic) bond motifs is 1. The fraction of sp³-hybridized carbons (Fsp3) is 0.188. The van der Waals surface area contributed by atoms with Gasteiger partial charge < -0.3 is 0 Å². The molecule has 0 saturated carbocycles. The Morgan fingerprint density at radius 2 is 1.56 bits per heavy atom. The van der Waals surface area contributed by atoms with Crippen LogP contribution in [0.5, 0.6) is 0 Å². The molecule has 0 saturated heterocycles. The van der Waals surface area contributed by atoms with Crippen LogP contribution in [0.3, 0.4) is 0 Å². The number of aromatic nitrogens is 2. The molecule has 0 spiro atoms. The zero-order valence-electron chi connectivity index (χ0n) is 11.1. The van der Waals surface area contributed by atoms with Gasteiger partial charge in [0.1, 0.15) is 5.69 Å². The molecule has 3 rings (SSSR count). The van der Waals surface area contributed by atoms with Crippen molar-refractivity contribution < 1.29 is 4.57 Å². The minimum atomic E-state index is 1.16. The summed E-state index contributed by atoms with van der Waals surface area (Å²) in [5.41, 5.74) is 4.82. The van der Waals surface area contributed by atoms with E-state index in [1.165, 1.54) is 16.8 Å². The quantitative estimate of drug-likeness (QED) is 0.624. The summed E-state index contributed by atoms with van der Waals surface area (Å²) >= 11 is 0. The number of imidazole rings is 1. The van der Waals surface area contributed by atoms with Gasteiger partial charge in [-0.1, -0.05) is 43.7 Å². The molecule has 1 aromatic heterocycles. The summed E-state index contributed by atoms with van der Waals surface area (Å²) in [5.74, 6) is 0. The van der Waals surface area contributed by atoms with Gasteiger partial charge in [0, 0.05) is 0 Å². The van der Waals surface area contributed by atoms with Crippen LogP contribution in [-0.4, -0.2) is 4.98 Å². The van der Waals surface area contributed by atoms with Gasteiger partial charge in [-0.3, -0.25) is 0 Å². The van der Waals surface area contributed by atoms with E-state index >= 15 is 0 Å². The molecule has 0 aliphatic rings. The van der Waals surface area contributed by atoms with Crippen molar-refractivity contribution in [2.24, 2.45) is 0 Å². The fourth-order valence-corrected chi connectivity index (χ4v) is 1.93. The third-order valence-electron chi connectivity index (χ3n) is 2.82. The summed E-state index contributed by atoms with van der Waals surface area (Å²) in [4.78, 5) is 3.26. The van der Waals surface area contributed by atoms with Gasteiger partial charge in [-0.05, 0) is 31.2 Å². The Balaban J connectivity index is 0.000000574. The van der Waals surface area contributed by atoms with Gasteiger partial charge in [-0.25, -0.2) is 4.98 Å². The average Bonchev–Trinajstić information content (AvgIpc) is 2.86. The lowest BCUT2D eigenvalue weighted by Crippen LogP contribution is -2.28. The largest absolute Gasteiger partial charge is 0.247 e. The van der Waals surface area contributed by atoms with E-state index in [4.69, 9.17) is 0 Å². The van der Waals surface area contributed by atoms with E-state index in [0.717, 1.165) is 5.52 Å². The van der Waals surface area contributed by atoms with Crippen molar-refractivity contribution in [1.82, 2.24) is 4.98 Å². The smallest absolute Gasteiger partial charge is 0.243 e. The molecule has 0 fully saturated rings. The van der Waals surface area contributed by atoms with Crippen LogP contribution in [-0.2, 0) is 0 Å². The van der Waals surface area contributed by atoms with E-state index < -0.39 is 0 Å². The first-order chi connectivity index (χ1) is 8.84. The number of para-hydroxylation sites is 2. The van der Waals surface area contributed by atoms with Crippen LogP contribution < -0.4 is 4.57 Å². The molecule has 1 N–H and O–H groups in total. The third kappa shape index (κ3) is 2.28. The first-order valence-corrected chi connectivity index (χ1v) is 6.39. The second-order valence-electron chi connectivity index (χ2n) is 4.00. The summed E-state index contributed by atoms with van der Waals surface area (Å²) in [6.45, 7) is 6.10. The Kier molecular flexibility index (Phi) is 3.78. The third-order valence-corrected chi connectivity index (χ3v) is 2.82. The van der Waals surface area contributed by atoms with Crippen molar-refractivity contribution in [3.8, 4) is 5.69 Å². The van der Waals surface area contributed by atoms with Crippen LogP contribution in [0.4, 0.5) is 0 Å². The van der Waals surface area contributed by atoms with Gasteiger partial charge in [0.05, 0.1) is 0 Å². The number of aryl methyl sites for hydroxylation is 1. The van der Waals surface area contributed by atoms with Crippen LogP contribution in [0, 0.1) is 6.92 Å². The summed E-state index contributed by atoms with van der Waals surface area (Å²) in [7, 11) is 0. The Morgan fingerprint density at radius 1 is 0.889 bits per heavy atom. The second-order valence-corrected chi connectivity index (χ2v) is 4.00. The van der Waals surface area contributed by atoms with Crippen LogP contribution in [0.1, 0.15) is 19.4 Å². The van der Waals surface area contributed by atoms with E-state index in [1.807, 2.05) is 26.2 Å². The van der Waals surface area contributed by atoms with Crippen molar-refractivity contribution in [1.29, 1.82) is 0 Å². The molecule has 0 radical (unpaired) electrons. The van der Waals surface area contributed by atoms with E-state index in [1.54, 1.807) is 0 Å². The number of hydrogen-bond donors (Lipinski definition) is 1. The molecule has 0 bridgehead atoms. The number of hydrogen-bond acceptors (Lipinski definition) is 0. The normalized spacial score (nSPS) is 9.94. The number of nitrogens with zero attached hydrogens (tertiary/aromatic N) is 1. The summed E-state index contributed by atoms with van der Waals surface area (Å²) in [6.07, 6.45) is 2.00. The maximum Gasteiger partial charge on any atom is 0.247 e. The molecule has 3 aromatic rings. The predicted molar refractivity (Wildman–Crippen MR) is 75.9 cm³/mol. The van der Waals surface area contributed by atoms with Gasteiger partial charge in [0.15, 0.2) is 11.0 Å². The molecule has 1 heterocycles. The lowest BCUT2D eigenvalue weighted by atomic mass is 10.2. The maximum atomic E-state index is 3.26. The molecular formula is C16H19N2+. The van der Waals surface area contributed by atoms with Crippen LogP contribution in [0.15, 0.2) is 54.9 Å². The highest BCUT2D eigenvalue weighted by Crippen LogP contribution is 2.10. The monoisotopic (exact) mass is 239 g/mol.